The normalized spacial score (nSPS) is 29.6. The molecule has 1 aliphatic heterocycles. The summed E-state index contributed by atoms with van der Waals surface area (Å²) in [6, 6.07) is 3.37. The second kappa shape index (κ2) is 4.33. The zero-order valence-corrected chi connectivity index (χ0v) is 10.8. The molecule has 1 saturated heterocycles. The van der Waals surface area contributed by atoms with Crippen molar-refractivity contribution >= 4 is 5.82 Å². The summed E-state index contributed by atoms with van der Waals surface area (Å²) in [5.41, 5.74) is 0. The monoisotopic (exact) mass is 234 g/mol. The Kier molecular flexibility index (Phi) is 2.82. The minimum atomic E-state index is 0.546. The highest BCUT2D eigenvalue weighted by Crippen LogP contribution is 2.34. The van der Waals surface area contributed by atoms with Gasteiger partial charge in [-0.15, -0.1) is 0 Å². The van der Waals surface area contributed by atoms with E-state index in [2.05, 4.69) is 41.4 Å². The van der Waals surface area contributed by atoms with Crippen LogP contribution in [0.3, 0.4) is 0 Å². The molecule has 1 saturated carbocycles. The van der Waals surface area contributed by atoms with Crippen LogP contribution in [0.15, 0.2) is 12.3 Å². The van der Waals surface area contributed by atoms with Crippen LogP contribution in [0.1, 0.15) is 26.7 Å². The average Bonchev–Trinajstić information content (AvgIpc) is 3.08. The molecule has 4 nitrogen and oxygen atoms in total. The molecule has 2 unspecified atom stereocenters. The van der Waals surface area contributed by atoms with Crippen LogP contribution in [0.2, 0.25) is 0 Å². The van der Waals surface area contributed by atoms with Gasteiger partial charge in [0.1, 0.15) is 0 Å². The summed E-state index contributed by atoms with van der Waals surface area (Å²) in [6.45, 7) is 7.56. The number of aromatic nitrogens is 2. The van der Waals surface area contributed by atoms with Crippen molar-refractivity contribution in [2.24, 2.45) is 5.92 Å². The van der Waals surface area contributed by atoms with Crippen molar-refractivity contribution in [3.05, 3.63) is 12.3 Å². The lowest BCUT2D eigenvalue weighted by atomic mass is 10.1. The van der Waals surface area contributed by atoms with Gasteiger partial charge in [-0.1, -0.05) is 0 Å². The van der Waals surface area contributed by atoms with E-state index in [4.69, 9.17) is 0 Å². The van der Waals surface area contributed by atoms with Crippen molar-refractivity contribution in [3.63, 3.8) is 0 Å². The number of aryl methyl sites for hydroxylation is 1. The molecule has 2 aliphatic rings. The third-order valence-electron chi connectivity index (χ3n) is 4.04. The standard InChI is InChI=1S/C13H22N4/c1-3-16-7-6-13(15-16)17-9-12(11-4-5-11)14-8-10(17)2/h6-7,10-12,14H,3-5,8-9H2,1-2H3. The Morgan fingerprint density at radius 3 is 2.94 bits per heavy atom. The first-order valence-electron chi connectivity index (χ1n) is 6.81. The van der Waals surface area contributed by atoms with Crippen LogP contribution in [0.5, 0.6) is 0 Å². The molecular weight excluding hydrogens is 212 g/mol. The highest BCUT2D eigenvalue weighted by Gasteiger charge is 2.36. The summed E-state index contributed by atoms with van der Waals surface area (Å²) in [7, 11) is 0. The van der Waals surface area contributed by atoms with Gasteiger partial charge in [-0.25, -0.2) is 0 Å². The second-order valence-electron chi connectivity index (χ2n) is 5.38. The van der Waals surface area contributed by atoms with Gasteiger partial charge in [-0.3, -0.25) is 4.68 Å². The topological polar surface area (TPSA) is 33.1 Å². The molecule has 2 heterocycles. The van der Waals surface area contributed by atoms with E-state index < -0.39 is 0 Å². The molecule has 94 valence electrons. The maximum absolute atomic E-state index is 4.63. The number of nitrogens with one attached hydrogen (secondary N) is 1. The van der Waals surface area contributed by atoms with Crippen LogP contribution in [-0.2, 0) is 6.54 Å². The second-order valence-corrected chi connectivity index (χ2v) is 5.38. The van der Waals surface area contributed by atoms with E-state index in [1.807, 2.05) is 4.68 Å². The van der Waals surface area contributed by atoms with Gasteiger partial charge in [0.15, 0.2) is 5.82 Å². The molecule has 0 radical (unpaired) electrons. The predicted molar refractivity (Wildman–Crippen MR) is 69.2 cm³/mol. The number of nitrogens with zero attached hydrogens (tertiary/aromatic N) is 3. The van der Waals surface area contributed by atoms with Crippen LogP contribution >= 0.6 is 0 Å². The van der Waals surface area contributed by atoms with E-state index in [0.29, 0.717) is 12.1 Å². The van der Waals surface area contributed by atoms with Crippen molar-refractivity contribution in [1.29, 1.82) is 0 Å². The summed E-state index contributed by atoms with van der Waals surface area (Å²) in [5, 5.41) is 8.31. The number of hydrogen-bond acceptors (Lipinski definition) is 3. The number of piperazine rings is 1. The first-order valence-corrected chi connectivity index (χ1v) is 6.81. The van der Waals surface area contributed by atoms with Gasteiger partial charge >= 0.3 is 0 Å². The summed E-state index contributed by atoms with van der Waals surface area (Å²) >= 11 is 0. The SMILES string of the molecule is CCn1ccc(N2CC(C3CC3)NCC2C)n1. The quantitative estimate of drug-likeness (QED) is 0.860. The fourth-order valence-corrected chi connectivity index (χ4v) is 2.70. The first-order chi connectivity index (χ1) is 8.28. The van der Waals surface area contributed by atoms with E-state index in [-0.39, 0.29) is 0 Å². The molecule has 0 aromatic carbocycles. The Morgan fingerprint density at radius 2 is 2.29 bits per heavy atom. The third kappa shape index (κ3) is 2.18. The summed E-state index contributed by atoms with van der Waals surface area (Å²) in [4.78, 5) is 2.46. The smallest absolute Gasteiger partial charge is 0.150 e. The average molecular weight is 234 g/mol. The Balaban J connectivity index is 1.74. The van der Waals surface area contributed by atoms with Crippen molar-refractivity contribution < 1.29 is 0 Å². The van der Waals surface area contributed by atoms with Crippen LogP contribution in [0.25, 0.3) is 0 Å². The fraction of sp³-hybridized carbons (Fsp3) is 0.769. The van der Waals surface area contributed by atoms with E-state index >= 15 is 0 Å². The van der Waals surface area contributed by atoms with E-state index in [9.17, 15) is 0 Å². The van der Waals surface area contributed by atoms with Crippen LogP contribution in [-0.4, -0.2) is 35.0 Å². The molecule has 17 heavy (non-hydrogen) atoms. The number of hydrogen-bond donors (Lipinski definition) is 1. The number of rotatable bonds is 3. The molecule has 3 rings (SSSR count). The van der Waals surface area contributed by atoms with E-state index in [1.165, 1.54) is 12.8 Å². The molecule has 1 aliphatic carbocycles. The van der Waals surface area contributed by atoms with Crippen molar-refractivity contribution in [1.82, 2.24) is 15.1 Å². The zero-order valence-electron chi connectivity index (χ0n) is 10.8. The predicted octanol–water partition coefficient (Wildman–Crippen LogP) is 1.48. The van der Waals surface area contributed by atoms with Gasteiger partial charge in [-0.05, 0) is 32.6 Å². The molecule has 1 aromatic heterocycles. The highest BCUT2D eigenvalue weighted by atomic mass is 15.4. The molecule has 4 heteroatoms. The Labute approximate surface area is 103 Å². The maximum atomic E-state index is 4.63. The summed E-state index contributed by atoms with van der Waals surface area (Å²) in [5.74, 6) is 2.06. The minimum absolute atomic E-state index is 0.546. The van der Waals surface area contributed by atoms with Gasteiger partial charge in [0, 0.05) is 44.0 Å². The van der Waals surface area contributed by atoms with Gasteiger partial charge in [-0.2, -0.15) is 5.10 Å². The fourth-order valence-electron chi connectivity index (χ4n) is 2.70. The lowest BCUT2D eigenvalue weighted by Crippen LogP contribution is -2.56. The molecule has 1 N–H and O–H groups in total. The van der Waals surface area contributed by atoms with Crippen molar-refractivity contribution in [3.8, 4) is 0 Å². The maximum Gasteiger partial charge on any atom is 0.150 e. The summed E-state index contributed by atoms with van der Waals surface area (Å²) in [6.07, 6.45) is 4.89. The molecule has 2 atom stereocenters. The van der Waals surface area contributed by atoms with Gasteiger partial charge in [0.05, 0.1) is 0 Å². The van der Waals surface area contributed by atoms with Crippen LogP contribution in [0.4, 0.5) is 5.82 Å². The lowest BCUT2D eigenvalue weighted by Gasteiger charge is -2.39. The van der Waals surface area contributed by atoms with Crippen LogP contribution < -0.4 is 10.2 Å². The largest absolute Gasteiger partial charge is 0.350 e. The highest BCUT2D eigenvalue weighted by molar-refractivity contribution is 5.39. The molecule has 0 bridgehead atoms. The molecule has 2 fully saturated rings. The summed E-state index contributed by atoms with van der Waals surface area (Å²) < 4.78 is 2.01. The Hall–Kier alpha value is -1.03. The Bertz CT molecular complexity index is 383. The van der Waals surface area contributed by atoms with Crippen LogP contribution in [0, 0.1) is 5.92 Å². The third-order valence-corrected chi connectivity index (χ3v) is 4.04. The number of anilines is 1. The van der Waals surface area contributed by atoms with Gasteiger partial charge < -0.3 is 10.2 Å². The van der Waals surface area contributed by atoms with Crippen molar-refractivity contribution in [2.75, 3.05) is 18.0 Å². The Morgan fingerprint density at radius 1 is 1.47 bits per heavy atom. The molecule has 0 amide bonds. The van der Waals surface area contributed by atoms with E-state index in [0.717, 1.165) is 31.4 Å². The first kappa shape index (κ1) is 11.1. The van der Waals surface area contributed by atoms with Crippen molar-refractivity contribution in [2.45, 2.75) is 45.3 Å². The zero-order chi connectivity index (χ0) is 11.8. The molecule has 0 spiro atoms. The molecule has 1 aromatic rings. The minimum Gasteiger partial charge on any atom is -0.350 e. The van der Waals surface area contributed by atoms with Gasteiger partial charge in [0.25, 0.3) is 0 Å². The van der Waals surface area contributed by atoms with E-state index in [1.54, 1.807) is 0 Å². The molecular formula is C13H22N4. The lowest BCUT2D eigenvalue weighted by molar-refractivity contribution is 0.373. The van der Waals surface area contributed by atoms with Gasteiger partial charge in [0.2, 0.25) is 0 Å².